The maximum absolute atomic E-state index is 14.1. The summed E-state index contributed by atoms with van der Waals surface area (Å²) in [5.74, 6) is 1.96. The van der Waals surface area contributed by atoms with Crippen LogP contribution >= 0.6 is 11.6 Å². The van der Waals surface area contributed by atoms with E-state index in [2.05, 4.69) is 4.90 Å². The smallest absolute Gasteiger partial charge is 0.198 e. The van der Waals surface area contributed by atoms with Gasteiger partial charge < -0.3 is 14.1 Å². The number of hydrogen-bond donors (Lipinski definition) is 0. The summed E-state index contributed by atoms with van der Waals surface area (Å²) in [6.45, 7) is 1.94. The van der Waals surface area contributed by atoms with Gasteiger partial charge in [0, 0.05) is 10.6 Å². The zero-order chi connectivity index (χ0) is 26.0. The SMILES string of the molecule is COc1ccc2occ([C@H]3c4c(C)nn(-c5ccc(Cl)cc5)c4N=C4C=Cc5ccccc5N43)c(=O)c2c1. The molecule has 7 rings (SSSR count). The van der Waals surface area contributed by atoms with Crippen molar-refractivity contribution < 1.29 is 9.15 Å². The van der Waals surface area contributed by atoms with Crippen molar-refractivity contribution in [1.29, 1.82) is 0 Å². The zero-order valence-corrected chi connectivity index (χ0v) is 21.3. The van der Waals surface area contributed by atoms with Gasteiger partial charge in [-0.3, -0.25) is 4.79 Å². The molecule has 2 aliphatic heterocycles. The van der Waals surface area contributed by atoms with Crippen molar-refractivity contribution in [2.24, 2.45) is 4.99 Å². The molecular formula is C30H21ClN4O3. The molecule has 1 atom stereocenters. The van der Waals surface area contributed by atoms with Crippen molar-refractivity contribution in [3.8, 4) is 11.4 Å². The number of benzene rings is 3. The Bertz CT molecular complexity index is 1870. The Morgan fingerprint density at radius 1 is 1.03 bits per heavy atom. The van der Waals surface area contributed by atoms with E-state index < -0.39 is 6.04 Å². The number of aryl methyl sites for hydroxylation is 1. The lowest BCUT2D eigenvalue weighted by Crippen LogP contribution is -2.40. The molecule has 0 unspecified atom stereocenters. The van der Waals surface area contributed by atoms with E-state index in [-0.39, 0.29) is 5.43 Å². The number of para-hydroxylation sites is 1. The van der Waals surface area contributed by atoms with Gasteiger partial charge in [0.25, 0.3) is 0 Å². The highest BCUT2D eigenvalue weighted by atomic mass is 35.5. The molecule has 0 amide bonds. The lowest BCUT2D eigenvalue weighted by Gasteiger charge is -2.38. The minimum Gasteiger partial charge on any atom is -0.497 e. The minimum atomic E-state index is -0.517. The third-order valence-electron chi connectivity index (χ3n) is 7.06. The molecule has 0 saturated carbocycles. The lowest BCUT2D eigenvalue weighted by atomic mass is 9.92. The van der Waals surface area contributed by atoms with E-state index >= 15 is 0 Å². The molecule has 2 aromatic heterocycles. The second-order valence-corrected chi connectivity index (χ2v) is 9.66. The summed E-state index contributed by atoms with van der Waals surface area (Å²) in [4.78, 5) is 21.2. The normalized spacial score (nSPS) is 15.6. The predicted octanol–water partition coefficient (Wildman–Crippen LogP) is 6.62. The average Bonchev–Trinajstić information content (AvgIpc) is 3.28. The van der Waals surface area contributed by atoms with Gasteiger partial charge in [-0.2, -0.15) is 5.10 Å². The Morgan fingerprint density at radius 2 is 1.84 bits per heavy atom. The number of ether oxygens (including phenoxy) is 1. The van der Waals surface area contributed by atoms with Crippen LogP contribution in [0.15, 0.2) is 93.3 Å². The summed E-state index contributed by atoms with van der Waals surface area (Å²) in [6, 6.07) is 20.2. The molecule has 0 spiro atoms. The fourth-order valence-corrected chi connectivity index (χ4v) is 5.39. The maximum Gasteiger partial charge on any atom is 0.198 e. The highest BCUT2D eigenvalue weighted by Gasteiger charge is 2.39. The number of nitrogens with zero attached hydrogens (tertiary/aromatic N) is 4. The molecule has 186 valence electrons. The first-order valence-electron chi connectivity index (χ1n) is 12.1. The summed E-state index contributed by atoms with van der Waals surface area (Å²) < 4.78 is 13.2. The monoisotopic (exact) mass is 520 g/mol. The largest absolute Gasteiger partial charge is 0.497 e. The Hall–Kier alpha value is -4.62. The highest BCUT2D eigenvalue weighted by Crippen LogP contribution is 2.46. The molecule has 0 radical (unpaired) electrons. The van der Waals surface area contributed by atoms with Crippen molar-refractivity contribution >= 4 is 46.0 Å². The number of hydrogen-bond acceptors (Lipinski definition) is 6. The van der Waals surface area contributed by atoms with Crippen molar-refractivity contribution in [2.75, 3.05) is 12.0 Å². The number of methoxy groups -OCH3 is 1. The Balaban J connectivity index is 1.53. The molecule has 0 saturated heterocycles. The molecule has 4 heterocycles. The summed E-state index contributed by atoms with van der Waals surface area (Å²) in [6.07, 6.45) is 5.57. The lowest BCUT2D eigenvalue weighted by molar-refractivity contribution is 0.415. The summed E-state index contributed by atoms with van der Waals surface area (Å²) in [7, 11) is 1.58. The zero-order valence-electron chi connectivity index (χ0n) is 20.6. The van der Waals surface area contributed by atoms with Gasteiger partial charge in [-0.1, -0.05) is 29.8 Å². The first-order valence-corrected chi connectivity index (χ1v) is 12.5. The van der Waals surface area contributed by atoms with Crippen LogP contribution in [0.3, 0.4) is 0 Å². The molecule has 0 bridgehead atoms. The maximum atomic E-state index is 14.1. The first kappa shape index (κ1) is 22.6. The number of fused-ring (bicyclic) bond motifs is 5. The van der Waals surface area contributed by atoms with Crippen LogP contribution in [0.2, 0.25) is 5.02 Å². The van der Waals surface area contributed by atoms with Crippen LogP contribution in [0, 0.1) is 6.92 Å². The molecule has 0 N–H and O–H groups in total. The van der Waals surface area contributed by atoms with Crippen LogP contribution in [0.5, 0.6) is 5.75 Å². The third kappa shape index (κ3) is 3.32. The molecular weight excluding hydrogens is 500 g/mol. The minimum absolute atomic E-state index is 0.131. The Morgan fingerprint density at radius 3 is 2.66 bits per heavy atom. The van der Waals surface area contributed by atoms with Gasteiger partial charge in [-0.15, -0.1) is 0 Å². The molecule has 2 aliphatic rings. The number of anilines is 1. The van der Waals surface area contributed by atoms with Gasteiger partial charge in [0.15, 0.2) is 11.2 Å². The number of aromatic nitrogens is 2. The first-order chi connectivity index (χ1) is 18.5. The topological polar surface area (TPSA) is 72.9 Å². The van der Waals surface area contributed by atoms with Gasteiger partial charge in [0.05, 0.1) is 41.2 Å². The van der Waals surface area contributed by atoms with Crippen LogP contribution in [0.4, 0.5) is 11.5 Å². The molecule has 5 aromatic rings. The molecule has 0 aliphatic carbocycles. The Kier molecular flexibility index (Phi) is 5.03. The standard InChI is InChI=1S/C30H21ClN4O3/c1-17-27-28(23-16-38-25-13-12-21(37-2)15-22(25)29(23)36)34-24-6-4-3-5-18(24)7-14-26(34)32-30(27)35(33-17)20-10-8-19(31)9-11-20/h3-16,28H,1-2H3/t28-/m0/s1. The van der Waals surface area contributed by atoms with Crippen LogP contribution in [-0.4, -0.2) is 22.7 Å². The second-order valence-electron chi connectivity index (χ2n) is 9.23. The summed E-state index contributed by atoms with van der Waals surface area (Å²) in [5.41, 5.74) is 5.27. The van der Waals surface area contributed by atoms with Gasteiger partial charge in [0.2, 0.25) is 0 Å². The van der Waals surface area contributed by atoms with Crippen LogP contribution in [0.25, 0.3) is 22.7 Å². The van der Waals surface area contributed by atoms with Crippen LogP contribution in [0.1, 0.15) is 28.4 Å². The van der Waals surface area contributed by atoms with E-state index in [0.29, 0.717) is 39.0 Å². The van der Waals surface area contributed by atoms with E-state index in [1.807, 2.05) is 67.6 Å². The number of halogens is 1. The van der Waals surface area contributed by atoms with Gasteiger partial charge in [0.1, 0.15) is 23.4 Å². The Labute approximate surface area is 222 Å². The third-order valence-corrected chi connectivity index (χ3v) is 7.31. The number of aliphatic imine (C=N–C) groups is 1. The van der Waals surface area contributed by atoms with E-state index in [1.54, 1.807) is 36.3 Å². The van der Waals surface area contributed by atoms with Crippen molar-refractivity contribution in [3.63, 3.8) is 0 Å². The molecule has 7 nitrogen and oxygen atoms in total. The summed E-state index contributed by atoms with van der Waals surface area (Å²) in [5, 5.41) is 5.96. The fraction of sp³-hybridized carbons (Fsp3) is 0.100. The number of amidine groups is 1. The van der Waals surface area contributed by atoms with E-state index in [9.17, 15) is 4.79 Å². The second kappa shape index (κ2) is 8.46. The molecule has 38 heavy (non-hydrogen) atoms. The van der Waals surface area contributed by atoms with Gasteiger partial charge >= 0.3 is 0 Å². The van der Waals surface area contributed by atoms with Gasteiger partial charge in [-0.25, -0.2) is 9.67 Å². The van der Waals surface area contributed by atoms with Crippen LogP contribution < -0.4 is 15.1 Å². The molecule has 8 heteroatoms. The van der Waals surface area contributed by atoms with E-state index in [4.69, 9.17) is 30.8 Å². The van der Waals surface area contributed by atoms with Crippen molar-refractivity contribution in [1.82, 2.24) is 9.78 Å². The van der Waals surface area contributed by atoms with Crippen LogP contribution in [-0.2, 0) is 0 Å². The van der Waals surface area contributed by atoms with Crippen molar-refractivity contribution in [3.05, 3.63) is 117 Å². The quantitative estimate of drug-likeness (QED) is 0.267. The van der Waals surface area contributed by atoms with Crippen molar-refractivity contribution in [2.45, 2.75) is 13.0 Å². The highest BCUT2D eigenvalue weighted by molar-refractivity contribution is 6.30. The fourth-order valence-electron chi connectivity index (χ4n) is 5.27. The van der Waals surface area contributed by atoms with Gasteiger partial charge in [-0.05, 0) is 73.2 Å². The molecule has 3 aromatic carbocycles. The average molecular weight is 521 g/mol. The van der Waals surface area contributed by atoms with E-state index in [0.717, 1.165) is 28.2 Å². The summed E-state index contributed by atoms with van der Waals surface area (Å²) >= 11 is 6.15. The predicted molar refractivity (Wildman–Crippen MR) is 149 cm³/mol. The molecule has 0 fully saturated rings. The van der Waals surface area contributed by atoms with E-state index in [1.165, 1.54) is 0 Å². The number of rotatable bonds is 3.